The van der Waals surface area contributed by atoms with Gasteiger partial charge in [-0.05, 0) is 24.1 Å². The van der Waals surface area contributed by atoms with Gasteiger partial charge < -0.3 is 10.5 Å². The predicted octanol–water partition coefficient (Wildman–Crippen LogP) is 2.58. The molecule has 0 aliphatic heterocycles. The molecular weight excluding hydrogens is 247 g/mol. The number of carbonyl (C=O) groups excluding carboxylic acids is 1. The Hall–Kier alpha value is -1.56. The molecule has 6 heteroatoms. The van der Waals surface area contributed by atoms with Crippen LogP contribution >= 0.6 is 0 Å². The number of hydrogen-bond donors (Lipinski definition) is 1. The number of rotatable bonds is 3. The van der Waals surface area contributed by atoms with Crippen molar-refractivity contribution in [2.24, 2.45) is 5.73 Å². The summed E-state index contributed by atoms with van der Waals surface area (Å²) in [5, 5.41) is 0. The molecule has 1 atom stereocenters. The minimum Gasteiger partial charge on any atom is -0.469 e. The lowest BCUT2D eigenvalue weighted by Gasteiger charge is -2.15. The largest absolute Gasteiger partial charge is 0.469 e. The Balaban J connectivity index is 3.01. The molecule has 0 aliphatic carbocycles. The molecule has 0 heterocycles. The zero-order chi connectivity index (χ0) is 13.9. The molecule has 18 heavy (non-hydrogen) atoms. The van der Waals surface area contributed by atoms with E-state index in [4.69, 9.17) is 5.73 Å². The second-order valence-corrected chi connectivity index (χ2v) is 3.96. The normalized spacial score (nSPS) is 13.2. The lowest BCUT2D eigenvalue weighted by Crippen LogP contribution is -2.17. The van der Waals surface area contributed by atoms with Crippen molar-refractivity contribution >= 4 is 5.97 Å². The number of hydrogen-bond acceptors (Lipinski definition) is 3. The van der Waals surface area contributed by atoms with Crippen LogP contribution in [0.25, 0.3) is 0 Å². The first-order valence-electron chi connectivity index (χ1n) is 5.26. The summed E-state index contributed by atoms with van der Waals surface area (Å²) in [5.74, 6) is -0.559. The lowest BCUT2D eigenvalue weighted by molar-refractivity contribution is -0.141. The molecule has 0 bridgehead atoms. The van der Waals surface area contributed by atoms with Gasteiger partial charge in [0.05, 0.1) is 19.1 Å². The van der Waals surface area contributed by atoms with Gasteiger partial charge in [-0.3, -0.25) is 4.79 Å². The summed E-state index contributed by atoms with van der Waals surface area (Å²) in [7, 11) is 1.20. The Labute approximate surface area is 103 Å². The molecule has 1 aromatic carbocycles. The topological polar surface area (TPSA) is 52.3 Å². The summed E-state index contributed by atoms with van der Waals surface area (Å²) >= 11 is 0. The van der Waals surface area contributed by atoms with Crippen LogP contribution in [0.3, 0.4) is 0 Å². The Morgan fingerprint density at radius 2 is 2.06 bits per heavy atom. The average molecular weight is 261 g/mol. The minimum absolute atomic E-state index is 0.122. The van der Waals surface area contributed by atoms with Gasteiger partial charge in [-0.1, -0.05) is 12.1 Å². The molecule has 3 nitrogen and oxygen atoms in total. The highest BCUT2D eigenvalue weighted by Crippen LogP contribution is 2.33. The zero-order valence-electron chi connectivity index (χ0n) is 10.0. The lowest BCUT2D eigenvalue weighted by atomic mass is 9.98. The number of esters is 1. The summed E-state index contributed by atoms with van der Waals surface area (Å²) in [6, 6.07) is 3.00. The van der Waals surface area contributed by atoms with Crippen molar-refractivity contribution in [2.45, 2.75) is 25.6 Å². The number of carbonyl (C=O) groups is 1. The number of aryl methyl sites for hydroxylation is 1. The SMILES string of the molecule is COC(=O)CC(N)c1ccc(C)c(C(F)(F)F)c1. The standard InChI is InChI=1S/C12H14F3NO2/c1-7-3-4-8(5-9(7)12(13,14)15)10(16)6-11(17)18-2/h3-5,10H,6,16H2,1-2H3. The molecule has 0 aliphatic rings. The van der Waals surface area contributed by atoms with Crippen molar-refractivity contribution in [3.8, 4) is 0 Å². The van der Waals surface area contributed by atoms with E-state index in [-0.39, 0.29) is 17.5 Å². The third-order valence-corrected chi connectivity index (χ3v) is 2.61. The third kappa shape index (κ3) is 3.46. The van der Waals surface area contributed by atoms with Crippen molar-refractivity contribution in [2.75, 3.05) is 7.11 Å². The molecule has 1 unspecified atom stereocenters. The molecule has 1 rings (SSSR count). The first-order valence-corrected chi connectivity index (χ1v) is 5.26. The number of methoxy groups -OCH3 is 1. The number of ether oxygens (including phenoxy) is 1. The van der Waals surface area contributed by atoms with Crippen LogP contribution in [0.2, 0.25) is 0 Å². The first kappa shape index (κ1) is 14.5. The smallest absolute Gasteiger partial charge is 0.416 e. The molecule has 0 radical (unpaired) electrons. The van der Waals surface area contributed by atoms with Crippen molar-refractivity contribution in [1.29, 1.82) is 0 Å². The highest BCUT2D eigenvalue weighted by Gasteiger charge is 2.32. The maximum absolute atomic E-state index is 12.7. The molecule has 0 aromatic heterocycles. The highest BCUT2D eigenvalue weighted by atomic mass is 19.4. The van der Waals surface area contributed by atoms with Crippen molar-refractivity contribution in [3.63, 3.8) is 0 Å². The van der Waals surface area contributed by atoms with Crippen LogP contribution in [0.5, 0.6) is 0 Å². The van der Waals surface area contributed by atoms with Crippen LogP contribution in [-0.2, 0) is 15.7 Å². The Bertz CT molecular complexity index is 443. The van der Waals surface area contributed by atoms with Gasteiger partial charge in [-0.15, -0.1) is 0 Å². The summed E-state index contributed by atoms with van der Waals surface area (Å²) in [6.45, 7) is 1.37. The van der Waals surface area contributed by atoms with E-state index in [2.05, 4.69) is 4.74 Å². The molecule has 2 N–H and O–H groups in total. The minimum atomic E-state index is -4.43. The molecule has 0 fully saturated rings. The van der Waals surface area contributed by atoms with E-state index < -0.39 is 23.8 Å². The van der Waals surface area contributed by atoms with Crippen molar-refractivity contribution in [3.05, 3.63) is 34.9 Å². The van der Waals surface area contributed by atoms with Crippen LogP contribution in [0.4, 0.5) is 13.2 Å². The molecular formula is C12H14F3NO2. The Kier molecular flexibility index (Phi) is 4.34. The number of nitrogens with two attached hydrogens (primary N) is 1. The molecule has 0 spiro atoms. The summed E-state index contributed by atoms with van der Waals surface area (Å²) in [6.07, 6.45) is -4.58. The van der Waals surface area contributed by atoms with Crippen LogP contribution < -0.4 is 5.73 Å². The summed E-state index contributed by atoms with van der Waals surface area (Å²) in [5.41, 5.74) is 5.31. The van der Waals surface area contributed by atoms with E-state index in [9.17, 15) is 18.0 Å². The Morgan fingerprint density at radius 1 is 1.44 bits per heavy atom. The Morgan fingerprint density at radius 3 is 2.56 bits per heavy atom. The average Bonchev–Trinajstić information content (AvgIpc) is 2.27. The fraction of sp³-hybridized carbons (Fsp3) is 0.417. The number of benzene rings is 1. The molecule has 0 saturated heterocycles. The van der Waals surface area contributed by atoms with Crippen LogP contribution in [0.1, 0.15) is 29.2 Å². The van der Waals surface area contributed by atoms with Gasteiger partial charge in [0.1, 0.15) is 0 Å². The van der Waals surface area contributed by atoms with Gasteiger partial charge >= 0.3 is 12.1 Å². The van der Waals surface area contributed by atoms with Gasteiger partial charge in [-0.2, -0.15) is 13.2 Å². The number of halogens is 3. The highest BCUT2D eigenvalue weighted by molar-refractivity contribution is 5.70. The maximum Gasteiger partial charge on any atom is 0.416 e. The van der Waals surface area contributed by atoms with E-state index in [0.717, 1.165) is 6.07 Å². The van der Waals surface area contributed by atoms with E-state index >= 15 is 0 Å². The quantitative estimate of drug-likeness (QED) is 0.851. The fourth-order valence-corrected chi connectivity index (χ4v) is 1.56. The molecule has 0 saturated carbocycles. The molecule has 0 amide bonds. The molecule has 100 valence electrons. The fourth-order valence-electron chi connectivity index (χ4n) is 1.56. The maximum atomic E-state index is 12.7. The van der Waals surface area contributed by atoms with E-state index in [0.29, 0.717) is 0 Å². The molecule has 1 aromatic rings. The summed E-state index contributed by atoms with van der Waals surface area (Å²) < 4.78 is 42.5. The first-order chi connectivity index (χ1) is 8.25. The van der Waals surface area contributed by atoms with Gasteiger partial charge in [0.25, 0.3) is 0 Å². The van der Waals surface area contributed by atoms with Crippen LogP contribution in [0.15, 0.2) is 18.2 Å². The zero-order valence-corrected chi connectivity index (χ0v) is 10.0. The van der Waals surface area contributed by atoms with Gasteiger partial charge in [-0.25, -0.2) is 0 Å². The second-order valence-electron chi connectivity index (χ2n) is 3.96. The van der Waals surface area contributed by atoms with Crippen LogP contribution in [-0.4, -0.2) is 13.1 Å². The monoisotopic (exact) mass is 261 g/mol. The van der Waals surface area contributed by atoms with E-state index in [1.165, 1.54) is 26.2 Å². The van der Waals surface area contributed by atoms with E-state index in [1.54, 1.807) is 0 Å². The van der Waals surface area contributed by atoms with Crippen molar-refractivity contribution in [1.82, 2.24) is 0 Å². The third-order valence-electron chi connectivity index (χ3n) is 2.61. The van der Waals surface area contributed by atoms with Crippen molar-refractivity contribution < 1.29 is 22.7 Å². The summed E-state index contributed by atoms with van der Waals surface area (Å²) in [4.78, 5) is 11.0. The number of alkyl halides is 3. The van der Waals surface area contributed by atoms with E-state index in [1.807, 2.05) is 0 Å². The predicted molar refractivity (Wildman–Crippen MR) is 59.7 cm³/mol. The van der Waals surface area contributed by atoms with Gasteiger partial charge in [0.15, 0.2) is 0 Å². The van der Waals surface area contributed by atoms with Gasteiger partial charge in [0.2, 0.25) is 0 Å². The van der Waals surface area contributed by atoms with Crippen LogP contribution in [0, 0.1) is 6.92 Å². The second kappa shape index (κ2) is 5.39. The van der Waals surface area contributed by atoms with Gasteiger partial charge in [0, 0.05) is 6.04 Å².